The second-order valence-corrected chi connectivity index (χ2v) is 7.26. The number of aryl methyl sites for hydroxylation is 1. The molecule has 3 heterocycles. The molecule has 0 amide bonds. The molecule has 7 nitrogen and oxygen atoms in total. The van der Waals surface area contributed by atoms with Crippen LogP contribution in [0.5, 0.6) is 0 Å². The van der Waals surface area contributed by atoms with Crippen LogP contribution in [0.3, 0.4) is 0 Å². The van der Waals surface area contributed by atoms with Gasteiger partial charge in [0.2, 0.25) is 5.90 Å². The van der Waals surface area contributed by atoms with Crippen molar-refractivity contribution in [3.8, 4) is 11.3 Å². The lowest BCUT2D eigenvalue weighted by atomic mass is 10.1. The summed E-state index contributed by atoms with van der Waals surface area (Å²) in [5, 5.41) is 4.79. The molecule has 0 unspecified atom stereocenters. The van der Waals surface area contributed by atoms with Crippen molar-refractivity contribution in [1.82, 2.24) is 5.16 Å². The van der Waals surface area contributed by atoms with Crippen molar-refractivity contribution in [3.05, 3.63) is 92.6 Å². The van der Waals surface area contributed by atoms with Crippen molar-refractivity contribution in [2.24, 2.45) is 4.99 Å². The lowest BCUT2D eigenvalue weighted by molar-refractivity contribution is -0.129. The minimum atomic E-state index is -0.694. The van der Waals surface area contributed by atoms with Crippen LogP contribution in [0.1, 0.15) is 16.9 Å². The maximum absolute atomic E-state index is 12.8. The minimum Gasteiger partial charge on any atom is -0.463 e. The molecule has 0 bridgehead atoms. The van der Waals surface area contributed by atoms with Gasteiger partial charge in [-0.25, -0.2) is 9.79 Å². The number of ether oxygens (including phenoxy) is 1. The van der Waals surface area contributed by atoms with Crippen LogP contribution in [0, 0.1) is 6.92 Å². The summed E-state index contributed by atoms with van der Waals surface area (Å²) in [7, 11) is 0. The van der Waals surface area contributed by atoms with Crippen LogP contribution in [0.25, 0.3) is 28.3 Å². The first kappa shape index (κ1) is 19.0. The molecule has 0 saturated carbocycles. The number of carbonyl (C=O) groups is 1. The molecule has 0 atom stereocenters. The van der Waals surface area contributed by atoms with Gasteiger partial charge in [-0.1, -0.05) is 47.1 Å². The number of hydrogen-bond donors (Lipinski definition) is 0. The van der Waals surface area contributed by atoms with E-state index in [0.717, 1.165) is 5.56 Å². The second-order valence-electron chi connectivity index (χ2n) is 6.83. The van der Waals surface area contributed by atoms with Crippen molar-refractivity contribution >= 4 is 40.5 Å². The summed E-state index contributed by atoms with van der Waals surface area (Å²) in [6.07, 6.45) is 2.60. The average molecular weight is 433 g/mol. The molecule has 31 heavy (non-hydrogen) atoms. The highest BCUT2D eigenvalue weighted by Gasteiger charge is 2.30. The Morgan fingerprint density at radius 3 is 2.68 bits per heavy atom. The van der Waals surface area contributed by atoms with Gasteiger partial charge in [-0.2, -0.15) is 0 Å². The molecule has 0 radical (unpaired) electrons. The quantitative estimate of drug-likeness (QED) is 0.342. The van der Waals surface area contributed by atoms with Crippen molar-refractivity contribution in [2.75, 3.05) is 0 Å². The van der Waals surface area contributed by atoms with Gasteiger partial charge in [0.05, 0.1) is 10.9 Å². The number of nitrogens with zero attached hydrogens (tertiary/aromatic N) is 2. The highest BCUT2D eigenvalue weighted by molar-refractivity contribution is 6.31. The lowest BCUT2D eigenvalue weighted by Crippen LogP contribution is -2.08. The summed E-state index contributed by atoms with van der Waals surface area (Å²) in [6.45, 7) is 1.70. The van der Waals surface area contributed by atoms with Gasteiger partial charge < -0.3 is 13.7 Å². The second kappa shape index (κ2) is 7.37. The Morgan fingerprint density at radius 2 is 1.87 bits per heavy atom. The smallest absolute Gasteiger partial charge is 0.363 e. The van der Waals surface area contributed by atoms with Crippen LogP contribution in [-0.4, -0.2) is 17.0 Å². The number of fused-ring (bicyclic) bond motifs is 1. The molecule has 0 spiro atoms. The monoisotopic (exact) mass is 432 g/mol. The van der Waals surface area contributed by atoms with Crippen LogP contribution in [0.15, 0.2) is 79.2 Å². The van der Waals surface area contributed by atoms with Gasteiger partial charge in [0.1, 0.15) is 28.9 Å². The third kappa shape index (κ3) is 3.35. The Kier molecular flexibility index (Phi) is 4.52. The number of halogens is 1. The summed E-state index contributed by atoms with van der Waals surface area (Å²) in [4.78, 5) is 29.5. The topological polar surface area (TPSA) is 94.9 Å². The predicted octanol–water partition coefficient (Wildman–Crippen LogP) is 4.75. The van der Waals surface area contributed by atoms with E-state index in [1.165, 1.54) is 18.4 Å². The van der Waals surface area contributed by atoms with Crippen LogP contribution in [-0.2, 0) is 9.53 Å². The fraction of sp³-hybridized carbons (Fsp3) is 0.0435. The molecule has 1 aliphatic rings. The van der Waals surface area contributed by atoms with E-state index in [9.17, 15) is 9.59 Å². The average Bonchev–Trinajstić information content (AvgIpc) is 3.33. The fourth-order valence-corrected chi connectivity index (χ4v) is 3.47. The van der Waals surface area contributed by atoms with Crippen molar-refractivity contribution < 1.29 is 18.5 Å². The van der Waals surface area contributed by atoms with Crippen molar-refractivity contribution in [1.29, 1.82) is 0 Å². The molecule has 0 N–H and O–H groups in total. The molecule has 1 aliphatic heterocycles. The summed E-state index contributed by atoms with van der Waals surface area (Å²) < 4.78 is 16.2. The van der Waals surface area contributed by atoms with Gasteiger partial charge in [-0.3, -0.25) is 4.79 Å². The molecule has 2 aromatic carbocycles. The third-order valence-electron chi connectivity index (χ3n) is 4.80. The number of esters is 1. The number of carbonyl (C=O) groups excluding carboxylic acids is 1. The van der Waals surface area contributed by atoms with E-state index >= 15 is 0 Å². The zero-order valence-corrected chi connectivity index (χ0v) is 16.8. The minimum absolute atomic E-state index is 0.0386. The van der Waals surface area contributed by atoms with Gasteiger partial charge in [-0.15, -0.1) is 0 Å². The van der Waals surface area contributed by atoms with Crippen LogP contribution >= 0.6 is 11.6 Å². The Morgan fingerprint density at radius 1 is 1.06 bits per heavy atom. The molecule has 5 rings (SSSR count). The Hall–Kier alpha value is -3.97. The number of aromatic nitrogens is 1. The van der Waals surface area contributed by atoms with E-state index < -0.39 is 5.97 Å². The summed E-state index contributed by atoms with van der Waals surface area (Å²) in [5.74, 6) is -0.186. The molecule has 0 fully saturated rings. The van der Waals surface area contributed by atoms with Gasteiger partial charge in [-0.05, 0) is 31.2 Å². The van der Waals surface area contributed by atoms with E-state index in [2.05, 4.69) is 10.1 Å². The summed E-state index contributed by atoms with van der Waals surface area (Å²) in [5.41, 5.74) is 1.94. The molecular weight excluding hydrogens is 420 g/mol. The van der Waals surface area contributed by atoms with E-state index in [1.54, 1.807) is 19.1 Å². The molecule has 0 saturated heterocycles. The normalized spacial score (nSPS) is 14.8. The first-order valence-corrected chi connectivity index (χ1v) is 9.65. The third-order valence-corrected chi connectivity index (χ3v) is 5.03. The zero-order chi connectivity index (χ0) is 21.5. The van der Waals surface area contributed by atoms with Gasteiger partial charge in [0.25, 0.3) is 0 Å². The molecule has 8 heteroatoms. The van der Waals surface area contributed by atoms with Gasteiger partial charge >= 0.3 is 5.97 Å². The van der Waals surface area contributed by atoms with Gasteiger partial charge in [0, 0.05) is 10.6 Å². The number of benzene rings is 2. The first-order chi connectivity index (χ1) is 15.0. The number of aliphatic imine (C=N–C) groups is 1. The highest BCUT2D eigenvalue weighted by Crippen LogP contribution is 2.29. The SMILES string of the molecule is Cc1onc(-c2ccccc2)c1C1=N/C(=C\c2coc3ccc(Cl)cc3c2=O)C(=O)O1. The maximum Gasteiger partial charge on any atom is 0.363 e. The predicted molar refractivity (Wildman–Crippen MR) is 115 cm³/mol. The Labute approximate surface area is 180 Å². The lowest BCUT2D eigenvalue weighted by Gasteiger charge is -2.01. The molecular formula is C23H13ClN2O5. The Bertz CT molecular complexity index is 1460. The largest absolute Gasteiger partial charge is 0.463 e. The van der Waals surface area contributed by atoms with E-state index in [-0.39, 0.29) is 22.6 Å². The van der Waals surface area contributed by atoms with Crippen LogP contribution in [0.2, 0.25) is 5.02 Å². The van der Waals surface area contributed by atoms with Crippen molar-refractivity contribution in [2.45, 2.75) is 6.92 Å². The number of hydrogen-bond acceptors (Lipinski definition) is 7. The van der Waals surface area contributed by atoms with Crippen molar-refractivity contribution in [3.63, 3.8) is 0 Å². The molecule has 0 aliphatic carbocycles. The van der Waals surface area contributed by atoms with Gasteiger partial charge in [0.15, 0.2) is 11.1 Å². The molecule has 4 aromatic rings. The maximum atomic E-state index is 12.8. The molecule has 152 valence electrons. The van der Waals surface area contributed by atoms with Crippen LogP contribution < -0.4 is 5.43 Å². The first-order valence-electron chi connectivity index (χ1n) is 9.27. The fourth-order valence-electron chi connectivity index (χ4n) is 3.30. The molecule has 2 aromatic heterocycles. The zero-order valence-electron chi connectivity index (χ0n) is 16.1. The van der Waals surface area contributed by atoms with E-state index in [0.29, 0.717) is 33.0 Å². The Balaban J connectivity index is 1.59. The highest BCUT2D eigenvalue weighted by atomic mass is 35.5. The number of cyclic esters (lactones) is 1. The van der Waals surface area contributed by atoms with E-state index in [4.69, 9.17) is 25.3 Å². The van der Waals surface area contributed by atoms with E-state index in [1.807, 2.05) is 30.3 Å². The summed E-state index contributed by atoms with van der Waals surface area (Å²) in [6, 6.07) is 14.1. The number of rotatable bonds is 3. The van der Waals surface area contributed by atoms with Crippen LogP contribution in [0.4, 0.5) is 0 Å². The summed E-state index contributed by atoms with van der Waals surface area (Å²) >= 11 is 5.99. The standard InChI is InChI=1S/C23H13ClN2O5/c1-12-19(20(26-31-12)13-5-3-2-4-6-13)22-25-17(23(28)30-22)9-14-11-29-18-8-7-15(24)10-16(18)21(14)27/h2-11H,1H3/b17-9-.